The monoisotopic (exact) mass is 119 g/mol. The van der Waals surface area contributed by atoms with Crippen LogP contribution in [-0.4, -0.2) is 0 Å². The van der Waals surface area contributed by atoms with E-state index >= 15 is 0 Å². The Morgan fingerprint density at radius 1 is 1.22 bits per heavy atom. The van der Waals surface area contributed by atoms with Crippen molar-refractivity contribution in [1.29, 1.82) is 0 Å². The molecule has 0 aliphatic rings. The topological polar surface area (TPSA) is 26.0 Å². The molecule has 2 N–H and O–H groups in total. The summed E-state index contributed by atoms with van der Waals surface area (Å²) < 4.78 is 12.0. The number of hydrogen-bond acceptors (Lipinski definition) is 1. The molecule has 1 nitrogen and oxygen atoms in total. The summed E-state index contributed by atoms with van der Waals surface area (Å²) in [4.78, 5) is 0. The van der Waals surface area contributed by atoms with E-state index < -0.39 is 0 Å². The predicted octanol–water partition coefficient (Wildman–Crippen LogP) is -1.48. The van der Waals surface area contributed by atoms with Crippen molar-refractivity contribution in [1.82, 2.24) is 0 Å². The molecule has 1 aromatic rings. The molecule has 0 fully saturated rings. The van der Waals surface area contributed by atoms with Gasteiger partial charge in [0, 0.05) is 5.69 Å². The third-order valence-electron chi connectivity index (χ3n) is 0.870. The Kier molecular flexibility index (Phi) is 3.37. The molecule has 0 aliphatic carbocycles. The number of rotatable bonds is 0. The second-order valence-corrected chi connectivity index (χ2v) is 1.55. The van der Waals surface area contributed by atoms with Crippen molar-refractivity contribution in [2.75, 3.05) is 5.73 Å². The molecule has 0 heterocycles. The van der Waals surface area contributed by atoms with Gasteiger partial charge in [0.1, 0.15) is 5.82 Å². The molecule has 0 amide bonds. The summed E-state index contributed by atoms with van der Waals surface area (Å²) in [6.07, 6.45) is 0. The predicted molar refractivity (Wildman–Crippen MR) is 31.9 cm³/mol. The molecule has 0 atom stereocenters. The zero-order valence-corrected chi connectivity index (χ0v) is 5.26. The third kappa shape index (κ3) is 2.55. The summed E-state index contributed by atoms with van der Waals surface area (Å²) >= 11 is 0. The zero-order chi connectivity index (χ0) is 5.98. The Morgan fingerprint density at radius 2 is 1.67 bits per heavy atom. The number of halogens is 1. The maximum atomic E-state index is 12.0. The minimum Gasteiger partial charge on any atom is -1.00 e. The molecule has 44 valence electrons. The van der Waals surface area contributed by atoms with E-state index in [-0.39, 0.29) is 26.1 Å². The second-order valence-electron chi connectivity index (χ2n) is 1.55. The van der Waals surface area contributed by atoms with E-state index in [2.05, 4.69) is 0 Å². The molecule has 1 rings (SSSR count). The molecule has 0 radical (unpaired) electrons. The van der Waals surface area contributed by atoms with E-state index in [1.54, 1.807) is 0 Å². The van der Waals surface area contributed by atoms with Gasteiger partial charge in [-0.1, -0.05) is 0 Å². The maximum absolute atomic E-state index is 12.0. The van der Waals surface area contributed by atoms with Gasteiger partial charge in [-0.3, -0.25) is 0 Å². The summed E-state index contributed by atoms with van der Waals surface area (Å²) in [6.45, 7) is 0. The Morgan fingerprint density at radius 3 is 2.00 bits per heavy atom. The second kappa shape index (κ2) is 3.55. The van der Waals surface area contributed by atoms with Crippen LogP contribution in [0.4, 0.5) is 10.1 Å². The van der Waals surface area contributed by atoms with E-state index in [0.29, 0.717) is 5.69 Å². The van der Waals surface area contributed by atoms with Crippen LogP contribution in [0.2, 0.25) is 0 Å². The SMILES string of the molecule is Nc1ccc(F)cc1.[H-].[Li+]. The minimum atomic E-state index is -0.251. The molecule has 0 unspecified atom stereocenters. The van der Waals surface area contributed by atoms with Crippen molar-refractivity contribution in [3.05, 3.63) is 30.1 Å². The molecule has 3 heteroatoms. The number of benzene rings is 1. The van der Waals surface area contributed by atoms with Gasteiger partial charge in [0.2, 0.25) is 0 Å². The fourth-order valence-corrected chi connectivity index (χ4v) is 0.463. The van der Waals surface area contributed by atoms with Gasteiger partial charge in [-0.2, -0.15) is 0 Å². The summed E-state index contributed by atoms with van der Waals surface area (Å²) in [6, 6.07) is 5.70. The van der Waals surface area contributed by atoms with Gasteiger partial charge in [-0.25, -0.2) is 4.39 Å². The summed E-state index contributed by atoms with van der Waals surface area (Å²) in [5, 5.41) is 0. The average molecular weight is 119 g/mol. The number of nitrogens with two attached hydrogens (primary N) is 1. The molecule has 0 spiro atoms. The van der Waals surface area contributed by atoms with Crippen LogP contribution in [0.5, 0.6) is 0 Å². The zero-order valence-electron chi connectivity index (χ0n) is 6.26. The van der Waals surface area contributed by atoms with Crippen LogP contribution < -0.4 is 24.6 Å². The van der Waals surface area contributed by atoms with Crippen molar-refractivity contribution in [2.24, 2.45) is 0 Å². The van der Waals surface area contributed by atoms with Crippen molar-refractivity contribution in [3.8, 4) is 0 Å². The quantitative estimate of drug-likeness (QED) is 0.327. The van der Waals surface area contributed by atoms with E-state index in [0.717, 1.165) is 0 Å². The third-order valence-corrected chi connectivity index (χ3v) is 0.870. The standard InChI is InChI=1S/C6H6FN.Li.H/c7-5-1-3-6(8)4-2-5;;/h1-4H,8H2;;/q;+1;-1. The van der Waals surface area contributed by atoms with Crippen LogP contribution in [0.25, 0.3) is 0 Å². The van der Waals surface area contributed by atoms with Gasteiger partial charge in [-0.15, -0.1) is 0 Å². The molecule has 9 heavy (non-hydrogen) atoms. The molecule has 0 aliphatic heterocycles. The van der Waals surface area contributed by atoms with E-state index in [4.69, 9.17) is 5.73 Å². The van der Waals surface area contributed by atoms with Crippen molar-refractivity contribution in [2.45, 2.75) is 0 Å². The van der Waals surface area contributed by atoms with Crippen LogP contribution >= 0.6 is 0 Å². The van der Waals surface area contributed by atoms with Crippen LogP contribution in [0.15, 0.2) is 24.3 Å². The number of hydrogen-bond donors (Lipinski definition) is 1. The first kappa shape index (κ1) is 8.55. The van der Waals surface area contributed by atoms with Gasteiger partial charge in [0.25, 0.3) is 0 Å². The van der Waals surface area contributed by atoms with Gasteiger partial charge in [0.15, 0.2) is 0 Å². The number of nitrogen functional groups attached to an aromatic ring is 1. The van der Waals surface area contributed by atoms with Crippen molar-refractivity contribution < 1.29 is 24.7 Å². The molecule has 0 saturated carbocycles. The first-order valence-corrected chi connectivity index (χ1v) is 2.30. The van der Waals surface area contributed by atoms with E-state index in [9.17, 15) is 4.39 Å². The van der Waals surface area contributed by atoms with Crippen LogP contribution in [0, 0.1) is 5.82 Å². The summed E-state index contributed by atoms with van der Waals surface area (Å²) in [5.74, 6) is -0.251. The molecule has 0 aromatic heterocycles. The molecular weight excluding hydrogens is 112 g/mol. The molecular formula is C6H7FLiN. The van der Waals surface area contributed by atoms with E-state index in [1.165, 1.54) is 24.3 Å². The maximum Gasteiger partial charge on any atom is 1.00 e. The van der Waals surface area contributed by atoms with Crippen molar-refractivity contribution >= 4 is 5.69 Å². The first-order valence-electron chi connectivity index (χ1n) is 2.30. The fourth-order valence-electron chi connectivity index (χ4n) is 0.463. The van der Waals surface area contributed by atoms with Gasteiger partial charge >= 0.3 is 18.9 Å². The first-order chi connectivity index (χ1) is 3.79. The smallest absolute Gasteiger partial charge is 1.00 e. The molecule has 0 bridgehead atoms. The largest absolute Gasteiger partial charge is 1.00 e. The minimum absolute atomic E-state index is 0. The van der Waals surface area contributed by atoms with Crippen molar-refractivity contribution in [3.63, 3.8) is 0 Å². The molecule has 0 saturated heterocycles. The number of anilines is 1. The Labute approximate surface area is 66.7 Å². The summed E-state index contributed by atoms with van der Waals surface area (Å²) in [7, 11) is 0. The van der Waals surface area contributed by atoms with E-state index in [1.807, 2.05) is 0 Å². The molecule has 1 aromatic carbocycles. The Bertz CT molecular complexity index is 157. The normalized spacial score (nSPS) is 8.11. The Hall–Kier alpha value is -0.453. The Balaban J connectivity index is 0. The van der Waals surface area contributed by atoms with Gasteiger partial charge < -0.3 is 7.16 Å². The van der Waals surface area contributed by atoms with Crippen LogP contribution in [-0.2, 0) is 0 Å². The van der Waals surface area contributed by atoms with Crippen LogP contribution in [0.1, 0.15) is 1.43 Å². The van der Waals surface area contributed by atoms with Gasteiger partial charge in [-0.05, 0) is 24.3 Å². The summed E-state index contributed by atoms with van der Waals surface area (Å²) in [5.41, 5.74) is 5.85. The average Bonchev–Trinajstić information content (AvgIpc) is 1.77. The van der Waals surface area contributed by atoms with Gasteiger partial charge in [0.05, 0.1) is 0 Å². The van der Waals surface area contributed by atoms with Crippen LogP contribution in [0.3, 0.4) is 0 Å². The fraction of sp³-hybridized carbons (Fsp3) is 0.